The van der Waals surface area contributed by atoms with Crippen molar-refractivity contribution in [3.63, 3.8) is 0 Å². The number of ether oxygens (including phenoxy) is 1. The Balaban J connectivity index is 2.28. The number of methoxy groups -OCH3 is 1. The molecule has 0 fully saturated rings. The van der Waals surface area contributed by atoms with Gasteiger partial charge in [0.2, 0.25) is 0 Å². The normalized spacial score (nSPS) is 9.67. The van der Waals surface area contributed by atoms with Crippen LogP contribution in [-0.4, -0.2) is 24.7 Å². The van der Waals surface area contributed by atoms with Gasteiger partial charge in [-0.05, 0) is 30.7 Å². The van der Waals surface area contributed by atoms with Gasteiger partial charge in [0.15, 0.2) is 0 Å². The molecule has 1 aromatic carbocycles. The number of nitrogens with one attached hydrogen (secondary N) is 1. The van der Waals surface area contributed by atoms with Crippen LogP contribution >= 0.6 is 0 Å². The SMILES string of the molecule is COc1ccc(NCCCC(=O)O)cc1. The van der Waals surface area contributed by atoms with E-state index in [-0.39, 0.29) is 6.42 Å². The van der Waals surface area contributed by atoms with Gasteiger partial charge in [0, 0.05) is 18.7 Å². The Bertz CT molecular complexity index is 308. The second-order valence-corrected chi connectivity index (χ2v) is 3.15. The minimum atomic E-state index is -0.758. The lowest BCUT2D eigenvalue weighted by Gasteiger charge is -2.06. The molecule has 0 atom stereocenters. The number of benzene rings is 1. The van der Waals surface area contributed by atoms with Crippen molar-refractivity contribution in [1.82, 2.24) is 0 Å². The van der Waals surface area contributed by atoms with Crippen LogP contribution < -0.4 is 10.1 Å². The molecule has 0 unspecified atom stereocenters. The highest BCUT2D eigenvalue weighted by molar-refractivity contribution is 5.66. The third kappa shape index (κ3) is 4.35. The quantitative estimate of drug-likeness (QED) is 0.703. The van der Waals surface area contributed by atoms with E-state index in [1.54, 1.807) is 7.11 Å². The fraction of sp³-hybridized carbons (Fsp3) is 0.364. The first kappa shape index (κ1) is 11.4. The Morgan fingerprint density at radius 1 is 1.40 bits per heavy atom. The molecule has 0 aliphatic rings. The second kappa shape index (κ2) is 5.90. The minimum absolute atomic E-state index is 0.198. The van der Waals surface area contributed by atoms with Crippen LogP contribution in [0.4, 0.5) is 5.69 Å². The van der Waals surface area contributed by atoms with Crippen LogP contribution in [0.15, 0.2) is 24.3 Å². The summed E-state index contributed by atoms with van der Waals surface area (Å²) in [5.41, 5.74) is 0.973. The summed E-state index contributed by atoms with van der Waals surface area (Å²) in [6, 6.07) is 7.53. The van der Waals surface area contributed by atoms with Gasteiger partial charge in [0.1, 0.15) is 5.75 Å². The largest absolute Gasteiger partial charge is 0.497 e. The molecule has 1 rings (SSSR count). The summed E-state index contributed by atoms with van der Waals surface area (Å²) >= 11 is 0. The third-order valence-electron chi connectivity index (χ3n) is 1.99. The number of hydrogen-bond donors (Lipinski definition) is 2. The van der Waals surface area contributed by atoms with Crippen LogP contribution in [0.25, 0.3) is 0 Å². The smallest absolute Gasteiger partial charge is 0.303 e. The Labute approximate surface area is 88.9 Å². The molecule has 4 heteroatoms. The van der Waals surface area contributed by atoms with Gasteiger partial charge in [-0.1, -0.05) is 0 Å². The first-order valence-corrected chi connectivity index (χ1v) is 4.82. The van der Waals surface area contributed by atoms with E-state index in [1.165, 1.54) is 0 Å². The molecular weight excluding hydrogens is 194 g/mol. The molecular formula is C11H15NO3. The first-order chi connectivity index (χ1) is 7.22. The number of carboxylic acids is 1. The van der Waals surface area contributed by atoms with Crippen molar-refractivity contribution in [1.29, 1.82) is 0 Å². The van der Waals surface area contributed by atoms with E-state index in [0.29, 0.717) is 13.0 Å². The summed E-state index contributed by atoms with van der Waals surface area (Å²) < 4.78 is 5.02. The number of carbonyl (C=O) groups is 1. The maximum absolute atomic E-state index is 10.2. The molecule has 15 heavy (non-hydrogen) atoms. The molecule has 4 nitrogen and oxygen atoms in total. The van der Waals surface area contributed by atoms with E-state index in [4.69, 9.17) is 9.84 Å². The Hall–Kier alpha value is -1.71. The van der Waals surface area contributed by atoms with Gasteiger partial charge in [-0.3, -0.25) is 4.79 Å². The van der Waals surface area contributed by atoms with Crippen molar-refractivity contribution in [3.8, 4) is 5.75 Å². The predicted molar refractivity (Wildman–Crippen MR) is 58.4 cm³/mol. The van der Waals surface area contributed by atoms with E-state index in [2.05, 4.69) is 5.32 Å². The number of carboxylic acid groups (broad SMARTS) is 1. The van der Waals surface area contributed by atoms with E-state index in [1.807, 2.05) is 24.3 Å². The molecule has 0 amide bonds. The summed E-state index contributed by atoms with van der Waals surface area (Å²) in [6.45, 7) is 0.665. The van der Waals surface area contributed by atoms with Gasteiger partial charge < -0.3 is 15.2 Å². The average Bonchev–Trinajstić information content (AvgIpc) is 2.25. The van der Waals surface area contributed by atoms with Crippen LogP contribution in [0.2, 0.25) is 0 Å². The topological polar surface area (TPSA) is 58.6 Å². The molecule has 0 saturated heterocycles. The molecule has 0 radical (unpaired) electrons. The summed E-state index contributed by atoms with van der Waals surface area (Å²) in [7, 11) is 1.62. The zero-order valence-electron chi connectivity index (χ0n) is 8.69. The lowest BCUT2D eigenvalue weighted by Crippen LogP contribution is -2.04. The van der Waals surface area contributed by atoms with Gasteiger partial charge >= 0.3 is 5.97 Å². The van der Waals surface area contributed by atoms with Gasteiger partial charge in [-0.2, -0.15) is 0 Å². The fourth-order valence-electron chi connectivity index (χ4n) is 1.18. The Morgan fingerprint density at radius 3 is 2.60 bits per heavy atom. The summed E-state index contributed by atoms with van der Waals surface area (Å²) in [5, 5.41) is 11.6. The molecule has 0 spiro atoms. The van der Waals surface area contributed by atoms with E-state index < -0.39 is 5.97 Å². The maximum Gasteiger partial charge on any atom is 0.303 e. The van der Waals surface area contributed by atoms with E-state index >= 15 is 0 Å². The Morgan fingerprint density at radius 2 is 2.07 bits per heavy atom. The van der Waals surface area contributed by atoms with Crippen molar-refractivity contribution in [2.24, 2.45) is 0 Å². The molecule has 2 N–H and O–H groups in total. The zero-order valence-corrected chi connectivity index (χ0v) is 8.69. The number of aliphatic carboxylic acids is 1. The second-order valence-electron chi connectivity index (χ2n) is 3.15. The monoisotopic (exact) mass is 209 g/mol. The number of rotatable bonds is 6. The van der Waals surface area contributed by atoms with Crippen molar-refractivity contribution in [2.75, 3.05) is 19.0 Å². The van der Waals surface area contributed by atoms with Crippen LogP contribution in [0.3, 0.4) is 0 Å². The van der Waals surface area contributed by atoms with Crippen molar-refractivity contribution in [2.45, 2.75) is 12.8 Å². The molecule has 1 aromatic rings. The van der Waals surface area contributed by atoms with E-state index in [9.17, 15) is 4.79 Å². The lowest BCUT2D eigenvalue weighted by atomic mass is 10.2. The van der Waals surface area contributed by atoms with Gasteiger partial charge in [0.25, 0.3) is 0 Å². The first-order valence-electron chi connectivity index (χ1n) is 4.82. The van der Waals surface area contributed by atoms with Crippen molar-refractivity contribution >= 4 is 11.7 Å². The molecule has 0 aromatic heterocycles. The molecule has 0 aliphatic heterocycles. The van der Waals surface area contributed by atoms with Crippen LogP contribution in [0.5, 0.6) is 5.75 Å². The standard InChI is InChI=1S/C11H15NO3/c1-15-10-6-4-9(5-7-10)12-8-2-3-11(13)14/h4-7,12H,2-3,8H2,1H3,(H,13,14). The van der Waals surface area contributed by atoms with Gasteiger partial charge in [-0.15, -0.1) is 0 Å². The number of anilines is 1. The van der Waals surface area contributed by atoms with Crippen LogP contribution in [0.1, 0.15) is 12.8 Å². The predicted octanol–water partition coefficient (Wildman–Crippen LogP) is 1.97. The van der Waals surface area contributed by atoms with Gasteiger partial charge in [-0.25, -0.2) is 0 Å². The fourth-order valence-corrected chi connectivity index (χ4v) is 1.18. The Kier molecular flexibility index (Phi) is 4.47. The zero-order chi connectivity index (χ0) is 11.1. The highest BCUT2D eigenvalue weighted by atomic mass is 16.5. The molecule has 0 heterocycles. The summed E-state index contributed by atoms with van der Waals surface area (Å²) in [4.78, 5) is 10.2. The van der Waals surface area contributed by atoms with Gasteiger partial charge in [0.05, 0.1) is 7.11 Å². The molecule has 0 aliphatic carbocycles. The van der Waals surface area contributed by atoms with Crippen LogP contribution in [0, 0.1) is 0 Å². The van der Waals surface area contributed by atoms with Crippen LogP contribution in [-0.2, 0) is 4.79 Å². The van der Waals surface area contributed by atoms with Crippen molar-refractivity contribution < 1.29 is 14.6 Å². The lowest BCUT2D eigenvalue weighted by molar-refractivity contribution is -0.137. The number of hydrogen-bond acceptors (Lipinski definition) is 3. The maximum atomic E-state index is 10.2. The third-order valence-corrected chi connectivity index (χ3v) is 1.99. The van der Waals surface area contributed by atoms with E-state index in [0.717, 1.165) is 11.4 Å². The van der Waals surface area contributed by atoms with Crippen molar-refractivity contribution in [3.05, 3.63) is 24.3 Å². The molecule has 0 bridgehead atoms. The molecule has 82 valence electrons. The minimum Gasteiger partial charge on any atom is -0.497 e. The summed E-state index contributed by atoms with van der Waals surface area (Å²) in [5.74, 6) is 0.0533. The average molecular weight is 209 g/mol. The highest BCUT2D eigenvalue weighted by Gasteiger charge is 1.96. The summed E-state index contributed by atoms with van der Waals surface area (Å²) in [6.07, 6.45) is 0.824. The molecule has 0 saturated carbocycles. The highest BCUT2D eigenvalue weighted by Crippen LogP contribution is 2.14.